The fourth-order valence-electron chi connectivity index (χ4n) is 3.24. The summed E-state index contributed by atoms with van der Waals surface area (Å²) in [6, 6.07) is 0. The van der Waals surface area contributed by atoms with Crippen LogP contribution in [0.4, 0.5) is 0 Å². The van der Waals surface area contributed by atoms with Gasteiger partial charge in [-0.2, -0.15) is 0 Å². The van der Waals surface area contributed by atoms with Crippen LogP contribution in [0.3, 0.4) is 0 Å². The highest BCUT2D eigenvalue weighted by molar-refractivity contribution is 5.16. The van der Waals surface area contributed by atoms with Crippen molar-refractivity contribution in [2.75, 3.05) is 19.7 Å². The summed E-state index contributed by atoms with van der Waals surface area (Å²) in [4.78, 5) is 2.68. The van der Waals surface area contributed by atoms with E-state index in [0.717, 1.165) is 12.0 Å². The summed E-state index contributed by atoms with van der Waals surface area (Å²) >= 11 is 0. The van der Waals surface area contributed by atoms with E-state index in [1.165, 1.54) is 38.8 Å². The topological polar surface area (TPSA) is 12.5 Å². The zero-order valence-electron chi connectivity index (χ0n) is 9.38. The molecule has 3 fully saturated rings. The van der Waals surface area contributed by atoms with Gasteiger partial charge in [-0.3, -0.25) is 4.90 Å². The minimum atomic E-state index is 0.391. The van der Waals surface area contributed by atoms with Crippen molar-refractivity contribution in [3.05, 3.63) is 0 Å². The highest BCUT2D eigenvalue weighted by Crippen LogP contribution is 2.61. The van der Waals surface area contributed by atoms with Crippen LogP contribution in [0.5, 0.6) is 0 Å². The predicted octanol–water partition coefficient (Wildman–Crippen LogP) is 2.04. The summed E-state index contributed by atoms with van der Waals surface area (Å²) in [5.74, 6) is 0. The highest BCUT2D eigenvalue weighted by Gasteiger charge is 2.62. The van der Waals surface area contributed by atoms with Crippen molar-refractivity contribution in [3.8, 4) is 0 Å². The second-order valence-electron chi connectivity index (χ2n) is 5.93. The third kappa shape index (κ3) is 1.24. The molecule has 2 nitrogen and oxygen atoms in total. The van der Waals surface area contributed by atoms with Gasteiger partial charge in [0.1, 0.15) is 0 Å². The minimum absolute atomic E-state index is 0.391. The van der Waals surface area contributed by atoms with E-state index < -0.39 is 0 Å². The molecule has 0 amide bonds. The van der Waals surface area contributed by atoms with Gasteiger partial charge in [-0.15, -0.1) is 0 Å². The molecule has 80 valence electrons. The molecule has 14 heavy (non-hydrogen) atoms. The van der Waals surface area contributed by atoms with Crippen LogP contribution in [0.1, 0.15) is 39.5 Å². The maximum absolute atomic E-state index is 5.83. The van der Waals surface area contributed by atoms with Crippen LogP contribution in [-0.2, 0) is 4.74 Å². The van der Waals surface area contributed by atoms with Gasteiger partial charge in [0.25, 0.3) is 0 Å². The smallest absolute Gasteiger partial charge is 0.0654 e. The molecule has 0 aromatic heterocycles. The minimum Gasteiger partial charge on any atom is -0.377 e. The molecular weight excluding hydrogens is 174 g/mol. The number of hydrogen-bond acceptors (Lipinski definition) is 2. The van der Waals surface area contributed by atoms with E-state index >= 15 is 0 Å². The van der Waals surface area contributed by atoms with Crippen molar-refractivity contribution >= 4 is 0 Å². The summed E-state index contributed by atoms with van der Waals surface area (Å²) in [6.07, 6.45) is 6.15. The number of fused-ring (bicyclic) bond motifs is 1. The van der Waals surface area contributed by atoms with Crippen LogP contribution in [-0.4, -0.2) is 36.2 Å². The van der Waals surface area contributed by atoms with E-state index in [4.69, 9.17) is 4.74 Å². The Balaban J connectivity index is 1.65. The Kier molecular flexibility index (Phi) is 1.79. The van der Waals surface area contributed by atoms with E-state index in [2.05, 4.69) is 18.7 Å². The van der Waals surface area contributed by atoms with Crippen LogP contribution < -0.4 is 0 Å². The van der Waals surface area contributed by atoms with Crippen molar-refractivity contribution in [1.82, 2.24) is 4.90 Å². The molecule has 0 aromatic carbocycles. The Labute approximate surface area is 86.6 Å². The third-order valence-corrected chi connectivity index (χ3v) is 4.39. The standard InChI is InChI=1S/C12H21NO/c1-10(2)14-9-12-5-6-13(12)8-11(7-12)3-4-11/h10H,3-9H2,1-2H3/t12-/m0/s1. The van der Waals surface area contributed by atoms with Gasteiger partial charge in [0.15, 0.2) is 0 Å². The summed E-state index contributed by atoms with van der Waals surface area (Å²) in [5.41, 5.74) is 1.22. The molecule has 3 rings (SSSR count). The highest BCUT2D eigenvalue weighted by atomic mass is 16.5. The SMILES string of the molecule is CC(C)OC[C@@]12CCN1CC1(CC1)C2. The van der Waals surface area contributed by atoms with E-state index in [1.807, 2.05) is 0 Å². The van der Waals surface area contributed by atoms with Gasteiger partial charge < -0.3 is 4.74 Å². The lowest BCUT2D eigenvalue weighted by atomic mass is 9.83. The molecule has 2 saturated heterocycles. The summed E-state index contributed by atoms with van der Waals surface area (Å²) in [7, 11) is 0. The van der Waals surface area contributed by atoms with Gasteiger partial charge >= 0.3 is 0 Å². The van der Waals surface area contributed by atoms with Gasteiger partial charge in [-0.05, 0) is 44.9 Å². The third-order valence-electron chi connectivity index (χ3n) is 4.39. The number of ether oxygens (including phenoxy) is 1. The van der Waals surface area contributed by atoms with Crippen LogP contribution >= 0.6 is 0 Å². The quantitative estimate of drug-likeness (QED) is 0.683. The molecule has 1 aliphatic carbocycles. The number of hydrogen-bond donors (Lipinski definition) is 0. The van der Waals surface area contributed by atoms with Crippen LogP contribution in [0.2, 0.25) is 0 Å². The molecule has 3 aliphatic rings. The molecule has 1 atom stereocenters. The van der Waals surface area contributed by atoms with E-state index in [9.17, 15) is 0 Å². The molecule has 0 radical (unpaired) electrons. The summed E-state index contributed by atoms with van der Waals surface area (Å²) < 4.78 is 5.83. The number of nitrogens with zero attached hydrogens (tertiary/aromatic N) is 1. The van der Waals surface area contributed by atoms with E-state index in [0.29, 0.717) is 11.6 Å². The van der Waals surface area contributed by atoms with Crippen molar-refractivity contribution in [2.24, 2.45) is 5.41 Å². The second kappa shape index (κ2) is 2.73. The van der Waals surface area contributed by atoms with Gasteiger partial charge in [0, 0.05) is 18.6 Å². The maximum atomic E-state index is 5.83. The first kappa shape index (κ1) is 9.17. The first-order valence-electron chi connectivity index (χ1n) is 6.01. The van der Waals surface area contributed by atoms with E-state index in [1.54, 1.807) is 0 Å². The van der Waals surface area contributed by atoms with Gasteiger partial charge in [-0.1, -0.05) is 0 Å². The van der Waals surface area contributed by atoms with E-state index in [-0.39, 0.29) is 0 Å². The molecule has 0 bridgehead atoms. The fraction of sp³-hybridized carbons (Fsp3) is 1.00. The average Bonchev–Trinajstić information content (AvgIpc) is 2.83. The Morgan fingerprint density at radius 1 is 1.29 bits per heavy atom. The molecule has 2 heterocycles. The molecule has 0 N–H and O–H groups in total. The molecule has 2 heteroatoms. The fourth-order valence-corrected chi connectivity index (χ4v) is 3.24. The Morgan fingerprint density at radius 3 is 2.57 bits per heavy atom. The Bertz CT molecular complexity index is 247. The van der Waals surface area contributed by atoms with Crippen LogP contribution in [0.25, 0.3) is 0 Å². The lowest BCUT2D eigenvalue weighted by Crippen LogP contribution is -2.58. The van der Waals surface area contributed by atoms with Crippen molar-refractivity contribution in [1.29, 1.82) is 0 Å². The average molecular weight is 195 g/mol. The lowest BCUT2D eigenvalue weighted by Gasteiger charge is -2.48. The lowest BCUT2D eigenvalue weighted by molar-refractivity contribution is -0.0648. The summed E-state index contributed by atoms with van der Waals surface area (Å²) in [5, 5.41) is 0. The molecule has 1 saturated carbocycles. The normalized spacial score (nSPS) is 38.8. The molecule has 2 aliphatic heterocycles. The molecule has 0 aromatic rings. The molecule has 1 spiro atoms. The van der Waals surface area contributed by atoms with Crippen molar-refractivity contribution < 1.29 is 4.74 Å². The maximum Gasteiger partial charge on any atom is 0.0654 e. The molecule has 0 unspecified atom stereocenters. The Morgan fingerprint density at radius 2 is 2.07 bits per heavy atom. The number of rotatable bonds is 3. The van der Waals surface area contributed by atoms with Gasteiger partial charge in [0.2, 0.25) is 0 Å². The largest absolute Gasteiger partial charge is 0.377 e. The molecular formula is C12H21NO. The summed E-state index contributed by atoms with van der Waals surface area (Å²) in [6.45, 7) is 7.95. The van der Waals surface area contributed by atoms with Crippen molar-refractivity contribution in [3.63, 3.8) is 0 Å². The van der Waals surface area contributed by atoms with Crippen LogP contribution in [0.15, 0.2) is 0 Å². The zero-order valence-corrected chi connectivity index (χ0v) is 9.38. The first-order valence-corrected chi connectivity index (χ1v) is 6.01. The first-order chi connectivity index (χ1) is 6.64. The van der Waals surface area contributed by atoms with Crippen LogP contribution in [0, 0.1) is 5.41 Å². The second-order valence-corrected chi connectivity index (χ2v) is 5.93. The predicted molar refractivity (Wildman–Crippen MR) is 56.3 cm³/mol. The zero-order chi connectivity index (χ0) is 9.81. The van der Waals surface area contributed by atoms with Gasteiger partial charge in [-0.25, -0.2) is 0 Å². The van der Waals surface area contributed by atoms with Gasteiger partial charge in [0.05, 0.1) is 12.7 Å². The van der Waals surface area contributed by atoms with Crippen molar-refractivity contribution in [2.45, 2.75) is 51.2 Å². The monoisotopic (exact) mass is 195 g/mol. The Hall–Kier alpha value is -0.0800.